The van der Waals surface area contributed by atoms with E-state index >= 15 is 0 Å². The van der Waals surface area contributed by atoms with Gasteiger partial charge in [-0.1, -0.05) is 107 Å². The van der Waals surface area contributed by atoms with Crippen LogP contribution in [0.1, 0.15) is 51.4 Å². The molecule has 0 aliphatic rings. The van der Waals surface area contributed by atoms with E-state index in [9.17, 15) is 5.11 Å². The molecule has 4 heteroatoms. The van der Waals surface area contributed by atoms with E-state index in [4.69, 9.17) is 9.97 Å². The molecule has 0 amide bonds. The maximum Gasteiger partial charge on any atom is 0.146 e. The molecule has 0 saturated carbocycles. The normalized spacial score (nSPS) is 12.2. The molecule has 4 aromatic carbocycles. The van der Waals surface area contributed by atoms with Crippen molar-refractivity contribution in [2.45, 2.75) is 45.4 Å². The number of benzene rings is 4. The molecule has 0 saturated heterocycles. The summed E-state index contributed by atoms with van der Waals surface area (Å²) in [7, 11) is 0. The van der Waals surface area contributed by atoms with Gasteiger partial charge in [-0.25, -0.2) is 4.98 Å². The quantitative estimate of drug-likeness (QED) is 0.218. The van der Waals surface area contributed by atoms with Crippen molar-refractivity contribution in [3.05, 3.63) is 144 Å². The number of pyridine rings is 2. The van der Waals surface area contributed by atoms with Crippen molar-refractivity contribution in [2.75, 3.05) is 0 Å². The van der Waals surface area contributed by atoms with Crippen LogP contribution in [0.4, 0.5) is 0 Å². The van der Waals surface area contributed by atoms with Crippen molar-refractivity contribution in [3.63, 3.8) is 0 Å². The molecule has 0 aliphatic carbocycles. The number of phenols is 1. The molecule has 0 unspecified atom stereocenters. The zero-order valence-corrected chi connectivity index (χ0v) is 26.4. The van der Waals surface area contributed by atoms with E-state index in [0.717, 1.165) is 50.0 Å². The standard InChI is InChI=1S/C41H37N3O/c1-40(2,3)30-19-17-27(18-20-30)28-23-24-42-38(26-28)41(4,5)31-12-10-11-29(25-31)34-22-21-33-32-13-6-7-14-35(32)44(39(33)43-34)36-15-8-9-16-37(36)45/h6-26,45H,1-5H3. The number of aromatic nitrogens is 3. The minimum atomic E-state index is -0.341. The molecule has 3 aromatic heterocycles. The Morgan fingerprint density at radius 2 is 1.36 bits per heavy atom. The second-order valence-electron chi connectivity index (χ2n) is 13.4. The zero-order chi connectivity index (χ0) is 31.3. The Bertz CT molecular complexity index is 2180. The number of phenolic OH excluding ortho intramolecular Hbond substituents is 1. The molecule has 7 aromatic rings. The third-order valence-corrected chi connectivity index (χ3v) is 9.01. The first kappa shape index (κ1) is 28.5. The highest BCUT2D eigenvalue weighted by atomic mass is 16.3. The fourth-order valence-corrected chi connectivity index (χ4v) is 6.23. The summed E-state index contributed by atoms with van der Waals surface area (Å²) < 4.78 is 2.06. The van der Waals surface area contributed by atoms with Crippen LogP contribution in [0.5, 0.6) is 5.75 Å². The maximum absolute atomic E-state index is 10.8. The average Bonchev–Trinajstić information content (AvgIpc) is 3.38. The molecule has 4 nitrogen and oxygen atoms in total. The van der Waals surface area contributed by atoms with Gasteiger partial charge in [-0.2, -0.15) is 0 Å². The van der Waals surface area contributed by atoms with Gasteiger partial charge in [0.15, 0.2) is 0 Å². The van der Waals surface area contributed by atoms with Gasteiger partial charge in [0.25, 0.3) is 0 Å². The summed E-state index contributed by atoms with van der Waals surface area (Å²) in [5.41, 5.74) is 10.1. The van der Waals surface area contributed by atoms with Crippen molar-refractivity contribution in [1.29, 1.82) is 0 Å². The smallest absolute Gasteiger partial charge is 0.146 e. The van der Waals surface area contributed by atoms with E-state index in [0.29, 0.717) is 5.69 Å². The second-order valence-corrected chi connectivity index (χ2v) is 13.4. The molecule has 222 valence electrons. The fourth-order valence-electron chi connectivity index (χ4n) is 6.23. The van der Waals surface area contributed by atoms with Crippen LogP contribution in [0.15, 0.2) is 128 Å². The monoisotopic (exact) mass is 587 g/mol. The highest BCUT2D eigenvalue weighted by Gasteiger charge is 2.26. The molecular formula is C41H37N3O. The van der Waals surface area contributed by atoms with Crippen molar-refractivity contribution in [3.8, 4) is 33.8 Å². The van der Waals surface area contributed by atoms with Crippen LogP contribution in [-0.4, -0.2) is 19.6 Å². The fraction of sp³-hybridized carbons (Fsp3) is 0.171. The van der Waals surface area contributed by atoms with E-state index in [-0.39, 0.29) is 16.6 Å². The average molecular weight is 588 g/mol. The molecule has 0 bridgehead atoms. The summed E-state index contributed by atoms with van der Waals surface area (Å²) in [4.78, 5) is 10.1. The molecule has 1 N–H and O–H groups in total. The molecule has 3 heterocycles. The van der Waals surface area contributed by atoms with Gasteiger partial charge in [-0.3, -0.25) is 9.55 Å². The number of rotatable bonds is 5. The second kappa shape index (κ2) is 10.7. The van der Waals surface area contributed by atoms with E-state index in [2.05, 4.69) is 124 Å². The van der Waals surface area contributed by atoms with Crippen LogP contribution in [0.25, 0.3) is 50.0 Å². The number of hydrogen-bond acceptors (Lipinski definition) is 3. The molecule has 0 fully saturated rings. The summed E-state index contributed by atoms with van der Waals surface area (Å²) in [6.45, 7) is 11.2. The lowest BCUT2D eigenvalue weighted by molar-refractivity contribution is 0.473. The lowest BCUT2D eigenvalue weighted by Crippen LogP contribution is -2.20. The van der Waals surface area contributed by atoms with Crippen LogP contribution in [0.2, 0.25) is 0 Å². The minimum Gasteiger partial charge on any atom is -0.506 e. The first-order chi connectivity index (χ1) is 21.6. The molecule has 0 aliphatic heterocycles. The predicted molar refractivity (Wildman–Crippen MR) is 186 cm³/mol. The summed E-state index contributed by atoms with van der Waals surface area (Å²) >= 11 is 0. The summed E-state index contributed by atoms with van der Waals surface area (Å²) in [5.74, 6) is 0.218. The number of para-hydroxylation sites is 3. The van der Waals surface area contributed by atoms with Gasteiger partial charge in [-0.05, 0) is 76.2 Å². The Kier molecular flexibility index (Phi) is 6.81. The maximum atomic E-state index is 10.8. The predicted octanol–water partition coefficient (Wildman–Crippen LogP) is 10.2. The molecule has 7 rings (SSSR count). The Morgan fingerprint density at radius 1 is 0.600 bits per heavy atom. The number of nitrogens with zero attached hydrogens (tertiary/aromatic N) is 3. The SMILES string of the molecule is CC(C)(C)c1ccc(-c2ccnc(C(C)(C)c3cccc(-c4ccc5c6ccccc6n(-c6ccccc6O)c5n4)c3)c2)cc1. The van der Waals surface area contributed by atoms with E-state index in [1.807, 2.05) is 36.5 Å². The molecule has 45 heavy (non-hydrogen) atoms. The first-order valence-corrected chi connectivity index (χ1v) is 15.5. The highest BCUT2D eigenvalue weighted by Crippen LogP contribution is 2.37. The van der Waals surface area contributed by atoms with Crippen LogP contribution >= 0.6 is 0 Å². The number of fused-ring (bicyclic) bond motifs is 3. The summed E-state index contributed by atoms with van der Waals surface area (Å²) in [6.07, 6.45) is 1.92. The van der Waals surface area contributed by atoms with Gasteiger partial charge >= 0.3 is 0 Å². The van der Waals surface area contributed by atoms with Crippen LogP contribution in [-0.2, 0) is 10.8 Å². The van der Waals surface area contributed by atoms with Crippen molar-refractivity contribution in [1.82, 2.24) is 14.5 Å². The lowest BCUT2D eigenvalue weighted by Gasteiger charge is -2.26. The third-order valence-electron chi connectivity index (χ3n) is 9.01. The van der Waals surface area contributed by atoms with Crippen LogP contribution < -0.4 is 0 Å². The van der Waals surface area contributed by atoms with Gasteiger partial charge in [0.1, 0.15) is 11.4 Å². The summed E-state index contributed by atoms with van der Waals surface area (Å²) in [5, 5.41) is 13.0. The minimum absolute atomic E-state index is 0.119. The lowest BCUT2D eigenvalue weighted by atomic mass is 9.79. The van der Waals surface area contributed by atoms with Crippen LogP contribution in [0, 0.1) is 0 Å². The van der Waals surface area contributed by atoms with Crippen molar-refractivity contribution >= 4 is 21.9 Å². The zero-order valence-electron chi connectivity index (χ0n) is 26.4. The van der Waals surface area contributed by atoms with Crippen molar-refractivity contribution in [2.24, 2.45) is 0 Å². The summed E-state index contributed by atoms with van der Waals surface area (Å²) in [6, 6.07) is 41.7. The van der Waals surface area contributed by atoms with Gasteiger partial charge in [0.05, 0.1) is 22.6 Å². The van der Waals surface area contributed by atoms with Crippen molar-refractivity contribution < 1.29 is 5.11 Å². The molecule has 0 spiro atoms. The Hall–Kier alpha value is -5.22. The molecular weight excluding hydrogens is 550 g/mol. The number of hydrogen-bond donors (Lipinski definition) is 1. The Balaban J connectivity index is 1.29. The van der Waals surface area contributed by atoms with Gasteiger partial charge in [0, 0.05) is 27.9 Å². The topological polar surface area (TPSA) is 50.9 Å². The number of aromatic hydroxyl groups is 1. The largest absolute Gasteiger partial charge is 0.506 e. The molecule has 0 atom stereocenters. The van der Waals surface area contributed by atoms with Gasteiger partial charge in [-0.15, -0.1) is 0 Å². The highest BCUT2D eigenvalue weighted by molar-refractivity contribution is 6.08. The van der Waals surface area contributed by atoms with Gasteiger partial charge < -0.3 is 5.11 Å². The van der Waals surface area contributed by atoms with E-state index in [1.165, 1.54) is 11.1 Å². The Labute approximate surface area is 264 Å². The first-order valence-electron chi connectivity index (χ1n) is 15.5. The van der Waals surface area contributed by atoms with Crippen LogP contribution in [0.3, 0.4) is 0 Å². The van der Waals surface area contributed by atoms with E-state index < -0.39 is 0 Å². The Morgan fingerprint density at radius 3 is 2.13 bits per heavy atom. The van der Waals surface area contributed by atoms with E-state index in [1.54, 1.807) is 6.07 Å². The molecule has 0 radical (unpaired) electrons. The van der Waals surface area contributed by atoms with Gasteiger partial charge in [0.2, 0.25) is 0 Å². The third kappa shape index (κ3) is 5.06.